The van der Waals surface area contributed by atoms with Crippen molar-refractivity contribution in [3.05, 3.63) is 78.1 Å². The Kier molecular flexibility index (Phi) is 4.91. The average molecular weight is 387 g/mol. The fourth-order valence-electron chi connectivity index (χ4n) is 3.12. The number of benzene rings is 2. The maximum atomic E-state index is 12.7. The van der Waals surface area contributed by atoms with E-state index in [0.29, 0.717) is 22.7 Å². The minimum atomic E-state index is -0.228. The van der Waals surface area contributed by atoms with Crippen molar-refractivity contribution in [3.63, 3.8) is 0 Å². The Bertz CT molecular complexity index is 1180. The lowest BCUT2D eigenvalue weighted by Crippen LogP contribution is -2.12. The van der Waals surface area contributed by atoms with E-state index in [2.05, 4.69) is 5.32 Å². The van der Waals surface area contributed by atoms with Gasteiger partial charge in [0.05, 0.1) is 25.6 Å². The summed E-state index contributed by atoms with van der Waals surface area (Å²) < 4.78 is 12.5. The van der Waals surface area contributed by atoms with Crippen LogP contribution < -0.4 is 14.8 Å². The second-order valence-electron chi connectivity index (χ2n) is 6.69. The molecule has 6 nitrogen and oxygen atoms in total. The molecule has 4 aromatic rings. The molecule has 1 amide bonds. The normalized spacial score (nSPS) is 10.7. The molecule has 0 atom stereocenters. The number of carbonyl (C=O) groups excluding carboxylic acids is 1. The van der Waals surface area contributed by atoms with Gasteiger partial charge in [0, 0.05) is 23.5 Å². The van der Waals surface area contributed by atoms with Crippen LogP contribution in [0, 0.1) is 6.92 Å². The van der Waals surface area contributed by atoms with Gasteiger partial charge >= 0.3 is 0 Å². The summed E-state index contributed by atoms with van der Waals surface area (Å²) in [5.41, 5.74) is 4.84. The van der Waals surface area contributed by atoms with E-state index in [0.717, 1.165) is 22.5 Å². The fraction of sp³-hybridized carbons (Fsp3) is 0.130. The number of rotatable bonds is 5. The Morgan fingerprint density at radius 3 is 2.52 bits per heavy atom. The zero-order valence-electron chi connectivity index (χ0n) is 16.5. The van der Waals surface area contributed by atoms with E-state index in [1.54, 1.807) is 38.5 Å². The number of aryl methyl sites for hydroxylation is 1. The third-order valence-corrected chi connectivity index (χ3v) is 4.71. The summed E-state index contributed by atoms with van der Waals surface area (Å²) in [6, 6.07) is 16.6. The van der Waals surface area contributed by atoms with Gasteiger partial charge in [-0.05, 0) is 67.1 Å². The number of aromatic nitrogens is 2. The highest BCUT2D eigenvalue weighted by Gasteiger charge is 2.13. The number of hydrogen-bond acceptors (Lipinski definition) is 4. The number of fused-ring (bicyclic) bond motifs is 1. The quantitative estimate of drug-likeness (QED) is 0.544. The molecule has 2 heterocycles. The van der Waals surface area contributed by atoms with Gasteiger partial charge < -0.3 is 19.2 Å². The molecule has 0 saturated heterocycles. The predicted octanol–water partition coefficient (Wildman–Crippen LogP) is 4.58. The molecule has 146 valence electrons. The van der Waals surface area contributed by atoms with Gasteiger partial charge in [-0.3, -0.25) is 4.79 Å². The van der Waals surface area contributed by atoms with Crippen LogP contribution in [0.25, 0.3) is 16.9 Å². The molecule has 0 aliphatic carbocycles. The minimum absolute atomic E-state index is 0.228. The molecular formula is C23H21N3O3. The lowest BCUT2D eigenvalue weighted by Gasteiger charge is -2.12. The molecule has 2 aromatic heterocycles. The van der Waals surface area contributed by atoms with Crippen molar-refractivity contribution >= 4 is 17.2 Å². The first-order valence-electron chi connectivity index (χ1n) is 9.16. The second kappa shape index (κ2) is 7.67. The van der Waals surface area contributed by atoms with E-state index >= 15 is 0 Å². The number of imidazole rings is 1. The number of nitrogens with zero attached hydrogens (tertiary/aromatic N) is 2. The van der Waals surface area contributed by atoms with Crippen LogP contribution >= 0.6 is 0 Å². The Morgan fingerprint density at radius 1 is 1.00 bits per heavy atom. The molecule has 0 bridgehead atoms. The third-order valence-electron chi connectivity index (χ3n) is 4.71. The summed E-state index contributed by atoms with van der Waals surface area (Å²) >= 11 is 0. The van der Waals surface area contributed by atoms with Crippen molar-refractivity contribution < 1.29 is 14.3 Å². The number of carbonyl (C=O) groups is 1. The van der Waals surface area contributed by atoms with Crippen LogP contribution in [0.1, 0.15) is 15.9 Å². The smallest absolute Gasteiger partial charge is 0.255 e. The number of ether oxygens (including phenoxy) is 2. The molecule has 0 fully saturated rings. The Morgan fingerprint density at radius 2 is 1.79 bits per heavy atom. The van der Waals surface area contributed by atoms with Crippen LogP contribution in [0.2, 0.25) is 0 Å². The van der Waals surface area contributed by atoms with Gasteiger partial charge in [0.2, 0.25) is 0 Å². The standard InChI is InChI=1S/C23H21N3O3/c1-15-10-11-26-14-20(24-22(26)12-15)17-6-9-21(29-3)19(13-17)25-23(27)16-4-7-18(28-2)8-5-16/h4-14H,1-3H3,(H,25,27). The van der Waals surface area contributed by atoms with E-state index < -0.39 is 0 Å². The highest BCUT2D eigenvalue weighted by atomic mass is 16.5. The van der Waals surface area contributed by atoms with Crippen molar-refractivity contribution in [2.45, 2.75) is 6.92 Å². The number of methoxy groups -OCH3 is 2. The monoisotopic (exact) mass is 387 g/mol. The number of nitrogens with one attached hydrogen (secondary N) is 1. The summed E-state index contributed by atoms with van der Waals surface area (Å²) in [7, 11) is 3.16. The van der Waals surface area contributed by atoms with E-state index in [9.17, 15) is 4.79 Å². The first-order chi connectivity index (χ1) is 14.1. The van der Waals surface area contributed by atoms with E-state index in [1.807, 2.05) is 54.0 Å². The van der Waals surface area contributed by atoms with Crippen LogP contribution in [0.4, 0.5) is 5.69 Å². The molecule has 6 heteroatoms. The Balaban J connectivity index is 1.66. The molecule has 0 aliphatic rings. The summed E-state index contributed by atoms with van der Waals surface area (Å²) in [5, 5.41) is 2.93. The van der Waals surface area contributed by atoms with Crippen LogP contribution in [0.15, 0.2) is 67.0 Å². The van der Waals surface area contributed by atoms with Crippen molar-refractivity contribution in [1.82, 2.24) is 9.38 Å². The highest BCUT2D eigenvalue weighted by molar-refractivity contribution is 6.05. The first kappa shape index (κ1) is 18.6. The molecule has 0 radical (unpaired) electrons. The third kappa shape index (κ3) is 3.78. The van der Waals surface area contributed by atoms with Crippen molar-refractivity contribution in [1.29, 1.82) is 0 Å². The summed E-state index contributed by atoms with van der Waals surface area (Å²) in [6.07, 6.45) is 3.95. The van der Waals surface area contributed by atoms with Crippen molar-refractivity contribution in [2.75, 3.05) is 19.5 Å². The lowest BCUT2D eigenvalue weighted by molar-refractivity contribution is 0.102. The zero-order chi connectivity index (χ0) is 20.4. The molecular weight excluding hydrogens is 366 g/mol. The maximum Gasteiger partial charge on any atom is 0.255 e. The number of pyridine rings is 1. The van der Waals surface area contributed by atoms with Gasteiger partial charge in [-0.1, -0.05) is 0 Å². The second-order valence-corrected chi connectivity index (χ2v) is 6.69. The Labute approximate surface area is 168 Å². The van der Waals surface area contributed by atoms with E-state index in [-0.39, 0.29) is 5.91 Å². The van der Waals surface area contributed by atoms with Gasteiger partial charge in [0.25, 0.3) is 5.91 Å². The highest BCUT2D eigenvalue weighted by Crippen LogP contribution is 2.31. The topological polar surface area (TPSA) is 64.9 Å². The molecule has 0 spiro atoms. The van der Waals surface area contributed by atoms with Gasteiger partial charge in [-0.15, -0.1) is 0 Å². The van der Waals surface area contributed by atoms with Crippen LogP contribution in [-0.4, -0.2) is 29.5 Å². The largest absolute Gasteiger partial charge is 0.497 e. The number of anilines is 1. The summed E-state index contributed by atoms with van der Waals surface area (Å²) in [4.78, 5) is 17.4. The molecule has 2 aromatic carbocycles. The number of hydrogen-bond donors (Lipinski definition) is 1. The minimum Gasteiger partial charge on any atom is -0.497 e. The average Bonchev–Trinajstić information content (AvgIpc) is 3.17. The molecule has 29 heavy (non-hydrogen) atoms. The van der Waals surface area contributed by atoms with Crippen LogP contribution in [0.5, 0.6) is 11.5 Å². The summed E-state index contributed by atoms with van der Waals surface area (Å²) in [5.74, 6) is 1.05. The fourth-order valence-corrected chi connectivity index (χ4v) is 3.12. The van der Waals surface area contributed by atoms with Gasteiger partial charge in [0.1, 0.15) is 17.1 Å². The van der Waals surface area contributed by atoms with E-state index in [1.165, 1.54) is 0 Å². The van der Waals surface area contributed by atoms with Crippen LogP contribution in [0.3, 0.4) is 0 Å². The predicted molar refractivity (Wildman–Crippen MR) is 113 cm³/mol. The van der Waals surface area contributed by atoms with Crippen molar-refractivity contribution in [2.24, 2.45) is 0 Å². The zero-order valence-corrected chi connectivity index (χ0v) is 16.5. The molecule has 4 rings (SSSR count). The maximum absolute atomic E-state index is 12.7. The van der Waals surface area contributed by atoms with Gasteiger partial charge in [-0.2, -0.15) is 0 Å². The van der Waals surface area contributed by atoms with Crippen LogP contribution in [-0.2, 0) is 0 Å². The first-order valence-corrected chi connectivity index (χ1v) is 9.16. The van der Waals surface area contributed by atoms with Crippen molar-refractivity contribution in [3.8, 4) is 22.8 Å². The molecule has 0 aliphatic heterocycles. The van der Waals surface area contributed by atoms with Gasteiger partial charge in [-0.25, -0.2) is 4.98 Å². The molecule has 0 saturated carbocycles. The number of amides is 1. The van der Waals surface area contributed by atoms with Gasteiger partial charge in [0.15, 0.2) is 0 Å². The Hall–Kier alpha value is -3.80. The SMILES string of the molecule is COc1ccc(C(=O)Nc2cc(-c3cn4ccc(C)cc4n3)ccc2OC)cc1. The lowest BCUT2D eigenvalue weighted by atomic mass is 10.1. The summed E-state index contributed by atoms with van der Waals surface area (Å²) in [6.45, 7) is 2.04. The van der Waals surface area contributed by atoms with E-state index in [4.69, 9.17) is 14.5 Å². The molecule has 1 N–H and O–H groups in total. The molecule has 0 unspecified atom stereocenters.